The minimum absolute atomic E-state index is 0. The summed E-state index contributed by atoms with van der Waals surface area (Å²) < 4.78 is 5.62. The minimum Gasteiger partial charge on any atom is -0.439 e. The van der Waals surface area contributed by atoms with Gasteiger partial charge in [-0.3, -0.25) is 4.79 Å². The Balaban J connectivity index is 0.00000288. The predicted molar refractivity (Wildman–Crippen MR) is 105 cm³/mol. The van der Waals surface area contributed by atoms with E-state index in [4.69, 9.17) is 10.5 Å². The maximum Gasteiger partial charge on any atom is 0.237 e. The molecular formula is C18H25Cl2N3O2. The average Bonchev–Trinajstić information content (AvgIpc) is 2.54. The number of nitrogens with zero attached hydrogens (tertiary/aromatic N) is 1. The fourth-order valence-corrected chi connectivity index (χ4v) is 2.12. The van der Waals surface area contributed by atoms with Gasteiger partial charge < -0.3 is 15.8 Å². The van der Waals surface area contributed by atoms with Crippen LogP contribution in [0, 0.1) is 5.92 Å². The summed E-state index contributed by atoms with van der Waals surface area (Å²) in [6.45, 7) is 4.49. The Morgan fingerprint density at radius 2 is 1.84 bits per heavy atom. The summed E-state index contributed by atoms with van der Waals surface area (Å²) in [4.78, 5) is 16.1. The highest BCUT2D eigenvalue weighted by molar-refractivity contribution is 5.85. The number of benzene rings is 1. The van der Waals surface area contributed by atoms with Gasteiger partial charge in [0.1, 0.15) is 5.75 Å². The number of carbonyl (C=O) groups is 1. The van der Waals surface area contributed by atoms with Crippen LogP contribution in [0.2, 0.25) is 0 Å². The van der Waals surface area contributed by atoms with Crippen LogP contribution < -0.4 is 15.8 Å². The van der Waals surface area contributed by atoms with Crippen molar-refractivity contribution in [3.8, 4) is 11.6 Å². The molecule has 1 aromatic carbocycles. The van der Waals surface area contributed by atoms with Crippen molar-refractivity contribution in [3.05, 3.63) is 54.2 Å². The number of pyridine rings is 1. The summed E-state index contributed by atoms with van der Waals surface area (Å²) in [5, 5.41) is 2.83. The molecule has 0 aliphatic rings. The van der Waals surface area contributed by atoms with Crippen LogP contribution in [0.15, 0.2) is 48.7 Å². The molecule has 0 unspecified atom stereocenters. The van der Waals surface area contributed by atoms with Gasteiger partial charge in [0.05, 0.1) is 6.04 Å². The Morgan fingerprint density at radius 3 is 2.40 bits per heavy atom. The number of aromatic nitrogens is 1. The molecule has 0 fully saturated rings. The van der Waals surface area contributed by atoms with E-state index in [9.17, 15) is 4.79 Å². The van der Waals surface area contributed by atoms with Crippen LogP contribution in [-0.2, 0) is 11.3 Å². The first-order valence-electron chi connectivity index (χ1n) is 7.75. The van der Waals surface area contributed by atoms with Crippen LogP contribution in [0.5, 0.6) is 11.6 Å². The van der Waals surface area contributed by atoms with Gasteiger partial charge in [-0.2, -0.15) is 0 Å². The Bertz CT molecular complexity index is 622. The lowest BCUT2D eigenvalue weighted by molar-refractivity contribution is -0.122. The second kappa shape index (κ2) is 11.7. The van der Waals surface area contributed by atoms with Crippen molar-refractivity contribution in [3.63, 3.8) is 0 Å². The van der Waals surface area contributed by atoms with E-state index in [0.717, 1.165) is 11.3 Å². The largest absolute Gasteiger partial charge is 0.439 e. The van der Waals surface area contributed by atoms with Crippen LogP contribution in [0.3, 0.4) is 0 Å². The van der Waals surface area contributed by atoms with Gasteiger partial charge in [-0.1, -0.05) is 38.1 Å². The molecule has 0 spiro atoms. The summed E-state index contributed by atoms with van der Waals surface area (Å²) in [6.07, 6.45) is 2.36. The fourth-order valence-electron chi connectivity index (χ4n) is 2.12. The molecule has 1 amide bonds. The Labute approximate surface area is 161 Å². The van der Waals surface area contributed by atoms with Gasteiger partial charge in [-0.25, -0.2) is 4.98 Å². The number of nitrogens with two attached hydrogens (primary N) is 1. The lowest BCUT2D eigenvalue weighted by Gasteiger charge is -2.14. The molecule has 0 bridgehead atoms. The zero-order chi connectivity index (χ0) is 16.7. The zero-order valence-corrected chi connectivity index (χ0v) is 16.0. The lowest BCUT2D eigenvalue weighted by atomic mass is 10.0. The van der Waals surface area contributed by atoms with Crippen molar-refractivity contribution in [2.24, 2.45) is 11.7 Å². The smallest absolute Gasteiger partial charge is 0.237 e. The molecule has 0 saturated carbocycles. The third-order valence-electron chi connectivity index (χ3n) is 3.29. The van der Waals surface area contributed by atoms with E-state index in [1.807, 2.05) is 50.2 Å². The summed E-state index contributed by atoms with van der Waals surface area (Å²) >= 11 is 0. The number of hydrogen-bond donors (Lipinski definition) is 2. The fraction of sp³-hybridized carbons (Fsp3) is 0.333. The first kappa shape index (κ1) is 23.2. The van der Waals surface area contributed by atoms with Gasteiger partial charge >= 0.3 is 0 Å². The Kier molecular flexibility index (Phi) is 10.8. The number of nitrogens with one attached hydrogen (secondary N) is 1. The molecule has 7 heteroatoms. The van der Waals surface area contributed by atoms with Gasteiger partial charge in [0, 0.05) is 18.8 Å². The van der Waals surface area contributed by atoms with E-state index in [2.05, 4.69) is 10.3 Å². The SMILES string of the molecule is CC(C)C[C@H](N)C(=O)NCc1ccc(Oc2ccccc2)nc1.Cl.Cl. The Morgan fingerprint density at radius 1 is 1.16 bits per heavy atom. The van der Waals surface area contributed by atoms with Crippen molar-refractivity contribution < 1.29 is 9.53 Å². The highest BCUT2D eigenvalue weighted by Crippen LogP contribution is 2.18. The van der Waals surface area contributed by atoms with Crippen LogP contribution in [-0.4, -0.2) is 16.9 Å². The van der Waals surface area contributed by atoms with Crippen molar-refractivity contribution in [2.45, 2.75) is 32.9 Å². The van der Waals surface area contributed by atoms with Crippen LogP contribution in [0.25, 0.3) is 0 Å². The predicted octanol–water partition coefficient (Wildman–Crippen LogP) is 3.71. The molecule has 1 heterocycles. The van der Waals surface area contributed by atoms with Crippen LogP contribution in [0.1, 0.15) is 25.8 Å². The molecule has 0 saturated heterocycles. The topological polar surface area (TPSA) is 77.2 Å². The molecular weight excluding hydrogens is 361 g/mol. The monoisotopic (exact) mass is 385 g/mol. The molecule has 25 heavy (non-hydrogen) atoms. The summed E-state index contributed by atoms with van der Waals surface area (Å²) in [5.74, 6) is 1.51. The lowest BCUT2D eigenvalue weighted by Crippen LogP contribution is -2.41. The molecule has 0 aliphatic heterocycles. The number of para-hydroxylation sites is 1. The first-order chi connectivity index (χ1) is 11.0. The van der Waals surface area contributed by atoms with Gasteiger partial charge in [0.2, 0.25) is 11.8 Å². The van der Waals surface area contributed by atoms with Gasteiger partial charge in [0.25, 0.3) is 0 Å². The van der Waals surface area contributed by atoms with Gasteiger partial charge in [-0.15, -0.1) is 24.8 Å². The van der Waals surface area contributed by atoms with Crippen LogP contribution in [0.4, 0.5) is 0 Å². The van der Waals surface area contributed by atoms with Crippen molar-refractivity contribution in [1.29, 1.82) is 0 Å². The quantitative estimate of drug-likeness (QED) is 0.761. The maximum atomic E-state index is 11.9. The average molecular weight is 386 g/mol. The zero-order valence-electron chi connectivity index (χ0n) is 14.3. The Hall–Kier alpha value is -1.82. The number of rotatable bonds is 7. The highest BCUT2D eigenvalue weighted by atomic mass is 35.5. The van der Waals surface area contributed by atoms with Crippen molar-refractivity contribution in [1.82, 2.24) is 10.3 Å². The van der Waals surface area contributed by atoms with E-state index >= 15 is 0 Å². The third-order valence-corrected chi connectivity index (χ3v) is 3.29. The molecule has 2 aromatic rings. The summed E-state index contributed by atoms with van der Waals surface area (Å²) in [7, 11) is 0. The van der Waals surface area contributed by atoms with E-state index in [0.29, 0.717) is 24.8 Å². The molecule has 3 N–H and O–H groups in total. The molecule has 5 nitrogen and oxygen atoms in total. The second-order valence-electron chi connectivity index (χ2n) is 5.87. The third kappa shape index (κ3) is 8.20. The van der Waals surface area contributed by atoms with Gasteiger partial charge in [0.15, 0.2) is 0 Å². The van der Waals surface area contributed by atoms with E-state index < -0.39 is 6.04 Å². The number of amides is 1. The highest BCUT2D eigenvalue weighted by Gasteiger charge is 2.14. The minimum atomic E-state index is -0.469. The van der Waals surface area contributed by atoms with E-state index in [1.54, 1.807) is 12.3 Å². The first-order valence-corrected chi connectivity index (χ1v) is 7.75. The number of halogens is 2. The molecule has 138 valence electrons. The number of carbonyl (C=O) groups excluding carboxylic acids is 1. The second-order valence-corrected chi connectivity index (χ2v) is 5.87. The molecule has 1 atom stereocenters. The maximum absolute atomic E-state index is 11.9. The van der Waals surface area contributed by atoms with Crippen molar-refractivity contribution >= 4 is 30.7 Å². The molecule has 1 aromatic heterocycles. The molecule has 0 aliphatic carbocycles. The van der Waals surface area contributed by atoms with E-state index in [1.165, 1.54) is 0 Å². The molecule has 0 radical (unpaired) electrons. The van der Waals surface area contributed by atoms with E-state index in [-0.39, 0.29) is 30.7 Å². The molecule has 2 rings (SSSR count). The summed E-state index contributed by atoms with van der Waals surface area (Å²) in [5.41, 5.74) is 6.74. The summed E-state index contributed by atoms with van der Waals surface area (Å²) in [6, 6.07) is 12.7. The van der Waals surface area contributed by atoms with Crippen molar-refractivity contribution in [2.75, 3.05) is 0 Å². The normalized spacial score (nSPS) is 11.0. The number of ether oxygens (including phenoxy) is 1. The standard InChI is InChI=1S/C18H23N3O2.2ClH/c1-13(2)10-16(19)18(22)21-12-14-8-9-17(20-11-14)23-15-6-4-3-5-7-15;;/h3-9,11,13,16H,10,12,19H2,1-2H3,(H,21,22);2*1H/t16-;;/m0../s1. The van der Waals surface area contributed by atoms with Crippen LogP contribution >= 0.6 is 24.8 Å². The van der Waals surface area contributed by atoms with Gasteiger partial charge in [-0.05, 0) is 30.0 Å². The number of hydrogen-bond acceptors (Lipinski definition) is 4.